The van der Waals surface area contributed by atoms with Crippen molar-refractivity contribution in [1.82, 2.24) is 25.4 Å². The summed E-state index contributed by atoms with van der Waals surface area (Å²) in [5, 5.41) is 15.6. The van der Waals surface area contributed by atoms with Gasteiger partial charge >= 0.3 is 0 Å². The van der Waals surface area contributed by atoms with Gasteiger partial charge in [0.15, 0.2) is 5.96 Å². The lowest BCUT2D eigenvalue weighted by atomic mass is 10.1. The molecule has 0 bridgehead atoms. The number of fused-ring (bicyclic) bond motifs is 1. The minimum atomic E-state index is 0.705. The lowest BCUT2D eigenvalue weighted by Gasteiger charge is -2.12. The SMILES string of the molecule is CCNC(=NCc1ccccc1CC)NCCCc1nnc2n1CCCCC2. The molecule has 28 heavy (non-hydrogen) atoms. The molecule has 1 aromatic carbocycles. The zero-order valence-electron chi connectivity index (χ0n) is 17.4. The van der Waals surface area contributed by atoms with Gasteiger partial charge in [-0.05, 0) is 43.7 Å². The maximum absolute atomic E-state index is 4.77. The molecule has 0 spiro atoms. The van der Waals surface area contributed by atoms with Gasteiger partial charge in [-0.25, -0.2) is 4.99 Å². The van der Waals surface area contributed by atoms with E-state index >= 15 is 0 Å². The van der Waals surface area contributed by atoms with Crippen LogP contribution in [0.3, 0.4) is 0 Å². The van der Waals surface area contributed by atoms with Crippen molar-refractivity contribution in [3.05, 3.63) is 47.0 Å². The third kappa shape index (κ3) is 5.57. The highest BCUT2D eigenvalue weighted by Gasteiger charge is 2.14. The summed E-state index contributed by atoms with van der Waals surface area (Å²) in [7, 11) is 0. The van der Waals surface area contributed by atoms with Gasteiger partial charge in [0.25, 0.3) is 0 Å². The zero-order valence-corrected chi connectivity index (χ0v) is 17.4. The third-order valence-corrected chi connectivity index (χ3v) is 5.31. The van der Waals surface area contributed by atoms with E-state index < -0.39 is 0 Å². The lowest BCUT2D eigenvalue weighted by molar-refractivity contribution is 0.594. The molecule has 6 heteroatoms. The number of aliphatic imine (C=N–C) groups is 1. The van der Waals surface area contributed by atoms with Crippen LogP contribution >= 0.6 is 0 Å². The Morgan fingerprint density at radius 3 is 2.75 bits per heavy atom. The van der Waals surface area contributed by atoms with E-state index in [1.807, 2.05) is 0 Å². The van der Waals surface area contributed by atoms with Crippen LogP contribution in [-0.4, -0.2) is 33.8 Å². The molecule has 0 fully saturated rings. The molecule has 1 aliphatic heterocycles. The lowest BCUT2D eigenvalue weighted by Crippen LogP contribution is -2.38. The van der Waals surface area contributed by atoms with Gasteiger partial charge in [0.2, 0.25) is 0 Å². The Hall–Kier alpha value is -2.37. The molecular weight excluding hydrogens is 348 g/mol. The van der Waals surface area contributed by atoms with Gasteiger partial charge in [0.1, 0.15) is 11.6 Å². The molecular formula is C22H34N6. The largest absolute Gasteiger partial charge is 0.357 e. The fraction of sp³-hybridized carbons (Fsp3) is 0.591. The minimum Gasteiger partial charge on any atom is -0.357 e. The highest BCUT2D eigenvalue weighted by Crippen LogP contribution is 2.15. The number of aryl methyl sites for hydroxylation is 3. The van der Waals surface area contributed by atoms with Crippen molar-refractivity contribution < 1.29 is 0 Å². The number of nitrogens with zero attached hydrogens (tertiary/aromatic N) is 4. The van der Waals surface area contributed by atoms with Crippen LogP contribution in [0.2, 0.25) is 0 Å². The minimum absolute atomic E-state index is 0.705. The van der Waals surface area contributed by atoms with Crippen molar-refractivity contribution in [3.63, 3.8) is 0 Å². The first-order valence-electron chi connectivity index (χ1n) is 10.8. The molecule has 0 saturated carbocycles. The molecule has 2 heterocycles. The molecule has 0 atom stereocenters. The van der Waals surface area contributed by atoms with Gasteiger partial charge in [0.05, 0.1) is 6.54 Å². The predicted octanol–water partition coefficient (Wildman–Crippen LogP) is 3.25. The van der Waals surface area contributed by atoms with E-state index in [0.717, 1.165) is 57.1 Å². The van der Waals surface area contributed by atoms with Crippen molar-refractivity contribution in [3.8, 4) is 0 Å². The van der Waals surface area contributed by atoms with Gasteiger partial charge in [-0.2, -0.15) is 0 Å². The summed E-state index contributed by atoms with van der Waals surface area (Å²) in [5.74, 6) is 3.19. The number of nitrogens with one attached hydrogen (secondary N) is 2. The summed E-state index contributed by atoms with van der Waals surface area (Å²) in [4.78, 5) is 4.77. The second kappa shape index (κ2) is 10.8. The molecule has 6 nitrogen and oxygen atoms in total. The fourth-order valence-corrected chi connectivity index (χ4v) is 3.75. The molecule has 2 N–H and O–H groups in total. The summed E-state index contributed by atoms with van der Waals surface area (Å²) < 4.78 is 2.34. The van der Waals surface area contributed by atoms with Gasteiger partial charge in [-0.3, -0.25) is 0 Å². The highest BCUT2D eigenvalue weighted by molar-refractivity contribution is 5.79. The smallest absolute Gasteiger partial charge is 0.191 e. The van der Waals surface area contributed by atoms with Crippen LogP contribution in [0.4, 0.5) is 0 Å². The Labute approximate surface area is 168 Å². The first-order valence-corrected chi connectivity index (χ1v) is 10.8. The maximum Gasteiger partial charge on any atom is 0.191 e. The summed E-state index contributed by atoms with van der Waals surface area (Å²) >= 11 is 0. The zero-order chi connectivity index (χ0) is 19.6. The van der Waals surface area contributed by atoms with Crippen molar-refractivity contribution in [1.29, 1.82) is 0 Å². The van der Waals surface area contributed by atoms with Crippen LogP contribution < -0.4 is 10.6 Å². The molecule has 0 unspecified atom stereocenters. The van der Waals surface area contributed by atoms with Crippen LogP contribution in [0, 0.1) is 0 Å². The average Bonchev–Trinajstić information content (AvgIpc) is 2.95. The monoisotopic (exact) mass is 382 g/mol. The molecule has 0 amide bonds. The van der Waals surface area contributed by atoms with E-state index in [1.54, 1.807) is 0 Å². The summed E-state index contributed by atoms with van der Waals surface area (Å²) in [6.07, 6.45) is 7.87. The molecule has 1 aliphatic rings. The number of hydrogen-bond acceptors (Lipinski definition) is 3. The Morgan fingerprint density at radius 2 is 1.93 bits per heavy atom. The first kappa shape index (κ1) is 20.4. The first-order chi connectivity index (χ1) is 13.8. The van der Waals surface area contributed by atoms with Gasteiger partial charge < -0.3 is 15.2 Å². The van der Waals surface area contributed by atoms with Gasteiger partial charge in [-0.15, -0.1) is 10.2 Å². The molecule has 152 valence electrons. The van der Waals surface area contributed by atoms with Crippen molar-refractivity contribution in [2.24, 2.45) is 4.99 Å². The van der Waals surface area contributed by atoms with E-state index in [0.29, 0.717) is 6.54 Å². The highest BCUT2D eigenvalue weighted by atomic mass is 15.3. The topological polar surface area (TPSA) is 67.1 Å². The maximum atomic E-state index is 4.77. The number of aromatic nitrogens is 3. The van der Waals surface area contributed by atoms with Gasteiger partial charge in [-0.1, -0.05) is 37.6 Å². The second-order valence-corrected chi connectivity index (χ2v) is 7.34. The van der Waals surface area contributed by atoms with Gasteiger partial charge in [0, 0.05) is 32.5 Å². The quantitative estimate of drug-likeness (QED) is 0.418. The van der Waals surface area contributed by atoms with Crippen LogP contribution in [0.25, 0.3) is 0 Å². The number of hydrogen-bond donors (Lipinski definition) is 2. The molecule has 2 aromatic rings. The van der Waals surface area contributed by atoms with E-state index in [2.05, 4.69) is 63.5 Å². The van der Waals surface area contributed by atoms with E-state index in [1.165, 1.54) is 36.2 Å². The Balaban J connectivity index is 1.50. The number of benzene rings is 1. The van der Waals surface area contributed by atoms with Crippen LogP contribution in [0.1, 0.15) is 62.3 Å². The van der Waals surface area contributed by atoms with E-state index in [-0.39, 0.29) is 0 Å². The van der Waals surface area contributed by atoms with E-state index in [4.69, 9.17) is 4.99 Å². The average molecular weight is 383 g/mol. The number of rotatable bonds is 8. The molecule has 1 aromatic heterocycles. The van der Waals surface area contributed by atoms with Crippen LogP contribution in [-0.2, 0) is 32.4 Å². The number of guanidine groups is 1. The van der Waals surface area contributed by atoms with Crippen LogP contribution in [0.5, 0.6) is 0 Å². The summed E-state index contributed by atoms with van der Waals surface area (Å²) in [6.45, 7) is 7.81. The Morgan fingerprint density at radius 1 is 1.07 bits per heavy atom. The molecule has 0 radical (unpaired) electrons. The molecule has 0 saturated heterocycles. The van der Waals surface area contributed by atoms with Crippen molar-refractivity contribution in [2.75, 3.05) is 13.1 Å². The van der Waals surface area contributed by atoms with Crippen molar-refractivity contribution >= 4 is 5.96 Å². The second-order valence-electron chi connectivity index (χ2n) is 7.34. The summed E-state index contributed by atoms with van der Waals surface area (Å²) in [6, 6.07) is 8.54. The standard InChI is InChI=1S/C22H34N6/c1-3-18-11-7-8-12-19(18)17-25-22(23-4-2)24-15-10-14-21-27-26-20-13-6-5-9-16-28(20)21/h7-8,11-12H,3-6,9-10,13-17H2,1-2H3,(H2,23,24,25). The van der Waals surface area contributed by atoms with E-state index in [9.17, 15) is 0 Å². The fourth-order valence-electron chi connectivity index (χ4n) is 3.75. The van der Waals surface area contributed by atoms with Crippen LogP contribution in [0.15, 0.2) is 29.3 Å². The third-order valence-electron chi connectivity index (χ3n) is 5.31. The molecule has 0 aliphatic carbocycles. The molecule has 3 rings (SSSR count). The normalized spacial score (nSPS) is 14.4. The Bertz CT molecular complexity index is 764. The summed E-state index contributed by atoms with van der Waals surface area (Å²) in [5.41, 5.74) is 2.67. The van der Waals surface area contributed by atoms with Crippen molar-refractivity contribution in [2.45, 2.75) is 71.9 Å². The predicted molar refractivity (Wildman–Crippen MR) is 115 cm³/mol. The Kier molecular flexibility index (Phi) is 7.88.